The lowest BCUT2D eigenvalue weighted by atomic mass is 9.88. The number of fused-ring (bicyclic) bond motifs is 1. The molecule has 0 aliphatic heterocycles. The summed E-state index contributed by atoms with van der Waals surface area (Å²) in [6.45, 7) is 0. The third kappa shape index (κ3) is 2.66. The van der Waals surface area contributed by atoms with Crippen molar-refractivity contribution in [3.8, 4) is 0 Å². The summed E-state index contributed by atoms with van der Waals surface area (Å²) in [6.07, 6.45) is 4.77. The van der Waals surface area contributed by atoms with Gasteiger partial charge in [-0.05, 0) is 30.4 Å². The summed E-state index contributed by atoms with van der Waals surface area (Å²) in [4.78, 5) is 8.22. The van der Waals surface area contributed by atoms with E-state index in [9.17, 15) is 0 Å². The van der Waals surface area contributed by atoms with E-state index in [2.05, 4.69) is 45.0 Å². The Morgan fingerprint density at radius 1 is 1.11 bits per heavy atom. The highest BCUT2D eigenvalue weighted by molar-refractivity contribution is 5.47. The average Bonchev–Trinajstić information content (AvgIpc) is 2.47. The fourth-order valence-corrected chi connectivity index (χ4v) is 2.55. The predicted molar refractivity (Wildman–Crippen MR) is 75.7 cm³/mol. The van der Waals surface area contributed by atoms with Crippen LogP contribution in [0.3, 0.4) is 0 Å². The molecule has 0 spiro atoms. The lowest BCUT2D eigenvalue weighted by molar-refractivity contribution is 0.608. The lowest BCUT2D eigenvalue weighted by Gasteiger charge is -2.25. The van der Waals surface area contributed by atoms with Crippen LogP contribution in [0, 0.1) is 0 Å². The maximum absolute atomic E-state index is 5.35. The highest BCUT2D eigenvalue weighted by atomic mass is 15.3. The van der Waals surface area contributed by atoms with Crippen LogP contribution in [0.2, 0.25) is 0 Å². The molecule has 5 heteroatoms. The number of hydrogen-bond donors (Lipinski definition) is 3. The van der Waals surface area contributed by atoms with Crippen molar-refractivity contribution in [3.63, 3.8) is 0 Å². The van der Waals surface area contributed by atoms with Gasteiger partial charge in [0.25, 0.3) is 0 Å². The molecule has 98 valence electrons. The number of hydrogen-bond acceptors (Lipinski definition) is 5. The number of rotatable bonds is 3. The average molecular weight is 255 g/mol. The number of hydrazine groups is 1. The highest BCUT2D eigenvalue weighted by Crippen LogP contribution is 2.23. The smallest absolute Gasteiger partial charge is 0.145 e. The third-order valence-electron chi connectivity index (χ3n) is 3.51. The Labute approximate surface area is 112 Å². The molecule has 1 unspecified atom stereocenters. The Morgan fingerprint density at radius 2 is 1.89 bits per heavy atom. The Bertz CT molecular complexity index is 569. The minimum Gasteiger partial charge on any atom is -0.367 e. The van der Waals surface area contributed by atoms with Gasteiger partial charge in [0.05, 0.1) is 0 Å². The molecule has 5 nitrogen and oxygen atoms in total. The van der Waals surface area contributed by atoms with Gasteiger partial charge in [-0.1, -0.05) is 24.3 Å². The van der Waals surface area contributed by atoms with E-state index in [4.69, 9.17) is 5.84 Å². The highest BCUT2D eigenvalue weighted by Gasteiger charge is 2.18. The van der Waals surface area contributed by atoms with E-state index in [0.717, 1.165) is 25.1 Å². The van der Waals surface area contributed by atoms with Gasteiger partial charge in [0.15, 0.2) is 0 Å². The van der Waals surface area contributed by atoms with Crippen LogP contribution in [-0.2, 0) is 12.8 Å². The third-order valence-corrected chi connectivity index (χ3v) is 3.51. The van der Waals surface area contributed by atoms with Gasteiger partial charge in [-0.3, -0.25) is 0 Å². The Kier molecular flexibility index (Phi) is 3.29. The SMILES string of the molecule is NNc1cc(NC2CCc3ccccc3C2)ncn1. The summed E-state index contributed by atoms with van der Waals surface area (Å²) in [7, 11) is 0. The molecule has 1 aliphatic carbocycles. The number of nitrogen functional groups attached to an aromatic ring is 1. The Morgan fingerprint density at radius 3 is 2.74 bits per heavy atom. The minimum absolute atomic E-state index is 0.412. The lowest BCUT2D eigenvalue weighted by Crippen LogP contribution is -2.27. The molecule has 19 heavy (non-hydrogen) atoms. The summed E-state index contributed by atoms with van der Waals surface area (Å²) in [6, 6.07) is 10.9. The Hall–Kier alpha value is -2.14. The second-order valence-corrected chi connectivity index (χ2v) is 4.79. The van der Waals surface area contributed by atoms with E-state index in [1.165, 1.54) is 17.5 Å². The predicted octanol–water partition coefficient (Wildman–Crippen LogP) is 1.73. The number of anilines is 2. The molecule has 0 bridgehead atoms. The number of nitrogens with two attached hydrogens (primary N) is 1. The van der Waals surface area contributed by atoms with Crippen molar-refractivity contribution in [3.05, 3.63) is 47.8 Å². The maximum Gasteiger partial charge on any atom is 0.145 e. The van der Waals surface area contributed by atoms with Gasteiger partial charge >= 0.3 is 0 Å². The molecule has 0 saturated carbocycles. The van der Waals surface area contributed by atoms with Gasteiger partial charge in [0, 0.05) is 12.1 Å². The quantitative estimate of drug-likeness (QED) is 0.575. The first kappa shape index (κ1) is 11.9. The van der Waals surface area contributed by atoms with Crippen LogP contribution in [0.25, 0.3) is 0 Å². The maximum atomic E-state index is 5.35. The zero-order chi connectivity index (χ0) is 13.1. The van der Waals surface area contributed by atoms with Crippen molar-refractivity contribution in [2.24, 2.45) is 5.84 Å². The minimum atomic E-state index is 0.412. The van der Waals surface area contributed by atoms with E-state index in [1.54, 1.807) is 0 Å². The zero-order valence-electron chi connectivity index (χ0n) is 10.6. The van der Waals surface area contributed by atoms with Crippen molar-refractivity contribution in [2.45, 2.75) is 25.3 Å². The van der Waals surface area contributed by atoms with E-state index in [1.807, 2.05) is 6.07 Å². The van der Waals surface area contributed by atoms with Crippen LogP contribution < -0.4 is 16.6 Å². The molecule has 2 aromatic rings. The summed E-state index contributed by atoms with van der Waals surface area (Å²) >= 11 is 0. The van der Waals surface area contributed by atoms with Gasteiger partial charge in [-0.2, -0.15) is 0 Å². The van der Waals surface area contributed by atoms with Gasteiger partial charge in [0.1, 0.15) is 18.0 Å². The molecule has 0 fully saturated rings. The summed E-state index contributed by atoms with van der Waals surface area (Å²) in [5.41, 5.74) is 5.42. The first-order valence-electron chi connectivity index (χ1n) is 6.47. The molecular weight excluding hydrogens is 238 g/mol. The van der Waals surface area contributed by atoms with Crippen LogP contribution >= 0.6 is 0 Å². The zero-order valence-corrected chi connectivity index (χ0v) is 10.6. The Balaban J connectivity index is 1.71. The van der Waals surface area contributed by atoms with E-state index < -0.39 is 0 Å². The molecule has 1 atom stereocenters. The molecular formula is C14H17N5. The second-order valence-electron chi connectivity index (χ2n) is 4.79. The van der Waals surface area contributed by atoms with Gasteiger partial charge < -0.3 is 10.7 Å². The van der Waals surface area contributed by atoms with Gasteiger partial charge in [0.2, 0.25) is 0 Å². The molecule has 4 N–H and O–H groups in total. The van der Waals surface area contributed by atoms with Crippen LogP contribution in [0.15, 0.2) is 36.7 Å². The van der Waals surface area contributed by atoms with Crippen LogP contribution in [-0.4, -0.2) is 16.0 Å². The van der Waals surface area contributed by atoms with Crippen LogP contribution in [0.1, 0.15) is 17.5 Å². The molecule has 0 saturated heterocycles. The van der Waals surface area contributed by atoms with Crippen molar-refractivity contribution < 1.29 is 0 Å². The first-order valence-corrected chi connectivity index (χ1v) is 6.47. The standard InChI is InChI=1S/C14H17N5/c15-19-14-8-13(16-9-17-14)18-12-6-5-10-3-1-2-4-11(10)7-12/h1-4,8-9,12H,5-7,15H2,(H2,16,17,18,19). The monoisotopic (exact) mass is 255 g/mol. The van der Waals surface area contributed by atoms with Crippen LogP contribution in [0.4, 0.5) is 11.6 Å². The molecule has 1 aromatic heterocycles. The molecule has 1 aromatic carbocycles. The fourth-order valence-electron chi connectivity index (χ4n) is 2.55. The van der Waals surface area contributed by atoms with Gasteiger partial charge in [-0.25, -0.2) is 15.8 Å². The van der Waals surface area contributed by atoms with Crippen LogP contribution in [0.5, 0.6) is 0 Å². The molecule has 0 radical (unpaired) electrons. The van der Waals surface area contributed by atoms with E-state index in [0.29, 0.717) is 11.9 Å². The van der Waals surface area contributed by atoms with Gasteiger partial charge in [-0.15, -0.1) is 0 Å². The molecule has 0 amide bonds. The fraction of sp³-hybridized carbons (Fsp3) is 0.286. The first-order chi connectivity index (χ1) is 9.35. The number of nitrogens with zero attached hydrogens (tertiary/aromatic N) is 2. The second kappa shape index (κ2) is 5.24. The number of nitrogens with one attached hydrogen (secondary N) is 2. The number of aromatic nitrogens is 2. The summed E-state index contributed by atoms with van der Waals surface area (Å²) in [5.74, 6) is 6.78. The number of benzene rings is 1. The molecule has 3 rings (SSSR count). The normalized spacial score (nSPS) is 17.6. The number of aryl methyl sites for hydroxylation is 1. The van der Waals surface area contributed by atoms with Crippen molar-refractivity contribution in [1.29, 1.82) is 0 Å². The van der Waals surface area contributed by atoms with Crippen molar-refractivity contribution in [2.75, 3.05) is 10.7 Å². The summed E-state index contributed by atoms with van der Waals surface area (Å²) in [5, 5.41) is 3.45. The summed E-state index contributed by atoms with van der Waals surface area (Å²) < 4.78 is 0. The molecule has 1 aliphatic rings. The largest absolute Gasteiger partial charge is 0.367 e. The topological polar surface area (TPSA) is 75.9 Å². The van der Waals surface area contributed by atoms with Crippen molar-refractivity contribution >= 4 is 11.6 Å². The molecule has 1 heterocycles. The van der Waals surface area contributed by atoms with E-state index >= 15 is 0 Å². The van der Waals surface area contributed by atoms with E-state index in [-0.39, 0.29) is 0 Å². The van der Waals surface area contributed by atoms with Crippen molar-refractivity contribution in [1.82, 2.24) is 9.97 Å².